The molecule has 3 heterocycles. The lowest BCUT2D eigenvalue weighted by molar-refractivity contribution is 0.122. The van der Waals surface area contributed by atoms with Crippen LogP contribution >= 0.6 is 0 Å². The topological polar surface area (TPSA) is 133 Å². The summed E-state index contributed by atoms with van der Waals surface area (Å²) < 4.78 is 34.9. The Morgan fingerprint density at radius 1 is 1.12 bits per heavy atom. The summed E-state index contributed by atoms with van der Waals surface area (Å²) in [5.41, 5.74) is 7.78. The van der Waals surface area contributed by atoms with Crippen LogP contribution in [0.15, 0.2) is 47.6 Å². The lowest BCUT2D eigenvalue weighted by atomic mass is 10.2. The standard InChI is InChI=1S/C21H24N6O4S/c1-32(28,29)17-4-2-3-15(11-17)5-8-31-19-12-18(16-13-23-20(22)24-14-16)25-21(26-19)27-6-9-30-10-7-27/h2-4,11-14H,5-10H2,1H3,(H2,22,23,24). The first-order chi connectivity index (χ1) is 15.4. The van der Waals surface area contributed by atoms with Crippen molar-refractivity contribution in [3.63, 3.8) is 0 Å². The van der Waals surface area contributed by atoms with Crippen LogP contribution < -0.4 is 15.4 Å². The molecule has 0 unspecified atom stereocenters. The van der Waals surface area contributed by atoms with Gasteiger partial charge < -0.3 is 20.1 Å². The van der Waals surface area contributed by atoms with Gasteiger partial charge in [-0.25, -0.2) is 23.4 Å². The molecule has 10 nitrogen and oxygen atoms in total. The zero-order valence-corrected chi connectivity index (χ0v) is 18.5. The van der Waals surface area contributed by atoms with Crippen molar-refractivity contribution in [3.05, 3.63) is 48.3 Å². The van der Waals surface area contributed by atoms with Crippen LogP contribution in [-0.4, -0.2) is 67.5 Å². The van der Waals surface area contributed by atoms with E-state index in [0.717, 1.165) is 5.56 Å². The molecule has 2 aromatic heterocycles. The number of morpholine rings is 1. The second-order valence-corrected chi connectivity index (χ2v) is 9.35. The van der Waals surface area contributed by atoms with Gasteiger partial charge in [-0.3, -0.25) is 0 Å². The van der Waals surface area contributed by atoms with E-state index in [-0.39, 0.29) is 10.8 Å². The second kappa shape index (κ2) is 9.45. The SMILES string of the molecule is CS(=O)(=O)c1cccc(CCOc2cc(-c3cnc(N)nc3)nc(N3CCOCC3)n2)c1. The van der Waals surface area contributed by atoms with Crippen molar-refractivity contribution < 1.29 is 17.9 Å². The molecule has 0 bridgehead atoms. The zero-order chi connectivity index (χ0) is 22.6. The van der Waals surface area contributed by atoms with Gasteiger partial charge in [-0.15, -0.1) is 0 Å². The Labute approximate surface area is 186 Å². The predicted octanol–water partition coefficient (Wildman–Crippen LogP) is 1.38. The average Bonchev–Trinajstić information content (AvgIpc) is 2.80. The van der Waals surface area contributed by atoms with Crippen LogP contribution in [0.1, 0.15) is 5.56 Å². The molecule has 168 valence electrons. The van der Waals surface area contributed by atoms with Crippen molar-refractivity contribution in [2.45, 2.75) is 11.3 Å². The number of sulfone groups is 1. The first-order valence-electron chi connectivity index (χ1n) is 10.1. The first kappa shape index (κ1) is 21.9. The lowest BCUT2D eigenvalue weighted by Gasteiger charge is -2.27. The van der Waals surface area contributed by atoms with E-state index >= 15 is 0 Å². The molecular weight excluding hydrogens is 432 g/mol. The van der Waals surface area contributed by atoms with Crippen LogP contribution in [-0.2, 0) is 21.0 Å². The summed E-state index contributed by atoms with van der Waals surface area (Å²) in [7, 11) is -3.26. The number of nitrogens with two attached hydrogens (primary N) is 1. The second-order valence-electron chi connectivity index (χ2n) is 7.34. The van der Waals surface area contributed by atoms with Crippen molar-refractivity contribution in [2.75, 3.05) is 49.8 Å². The summed E-state index contributed by atoms with van der Waals surface area (Å²) >= 11 is 0. The fraction of sp³-hybridized carbons (Fsp3) is 0.333. The van der Waals surface area contributed by atoms with Gasteiger partial charge in [0.1, 0.15) is 0 Å². The number of aromatic nitrogens is 4. The van der Waals surface area contributed by atoms with Gasteiger partial charge in [0.25, 0.3) is 0 Å². The van der Waals surface area contributed by atoms with Gasteiger partial charge in [0.2, 0.25) is 17.8 Å². The molecule has 0 saturated carbocycles. The molecule has 3 aromatic rings. The Hall–Kier alpha value is -3.31. The molecule has 2 N–H and O–H groups in total. The fourth-order valence-electron chi connectivity index (χ4n) is 3.21. The van der Waals surface area contributed by atoms with Gasteiger partial charge in [-0.1, -0.05) is 12.1 Å². The quantitative estimate of drug-likeness (QED) is 0.556. The highest BCUT2D eigenvalue weighted by Gasteiger charge is 2.17. The van der Waals surface area contributed by atoms with Crippen LogP contribution in [0.4, 0.5) is 11.9 Å². The van der Waals surface area contributed by atoms with E-state index in [2.05, 4.69) is 19.9 Å². The van der Waals surface area contributed by atoms with Gasteiger partial charge >= 0.3 is 0 Å². The number of ether oxygens (including phenoxy) is 2. The van der Waals surface area contributed by atoms with Crippen molar-refractivity contribution >= 4 is 21.7 Å². The Balaban J connectivity index is 1.54. The molecule has 1 fully saturated rings. The maximum atomic E-state index is 11.8. The number of rotatable bonds is 7. The largest absolute Gasteiger partial charge is 0.477 e. The summed E-state index contributed by atoms with van der Waals surface area (Å²) in [6.07, 6.45) is 4.93. The van der Waals surface area contributed by atoms with Crippen molar-refractivity contribution in [1.29, 1.82) is 0 Å². The Kier molecular flexibility index (Phi) is 6.47. The Morgan fingerprint density at radius 3 is 2.59 bits per heavy atom. The summed E-state index contributed by atoms with van der Waals surface area (Å²) in [6, 6.07) is 8.57. The lowest BCUT2D eigenvalue weighted by Crippen LogP contribution is -2.37. The van der Waals surface area contributed by atoms with Gasteiger partial charge in [0.05, 0.1) is 30.4 Å². The van der Waals surface area contributed by atoms with Crippen molar-refractivity contribution in [1.82, 2.24) is 19.9 Å². The average molecular weight is 457 g/mol. The molecular formula is C21H24N6O4S. The summed E-state index contributed by atoms with van der Waals surface area (Å²) in [5.74, 6) is 1.13. The van der Waals surface area contributed by atoms with Crippen LogP contribution in [0, 0.1) is 0 Å². The molecule has 1 aliphatic heterocycles. The predicted molar refractivity (Wildman–Crippen MR) is 119 cm³/mol. The van der Waals surface area contributed by atoms with E-state index in [1.54, 1.807) is 36.7 Å². The number of anilines is 2. The maximum absolute atomic E-state index is 11.8. The summed E-state index contributed by atoms with van der Waals surface area (Å²) in [5, 5.41) is 0. The zero-order valence-electron chi connectivity index (χ0n) is 17.6. The Morgan fingerprint density at radius 2 is 1.88 bits per heavy atom. The third kappa shape index (κ3) is 5.48. The number of hydrogen-bond acceptors (Lipinski definition) is 10. The highest BCUT2D eigenvalue weighted by molar-refractivity contribution is 7.90. The van der Waals surface area contributed by atoms with E-state index in [1.807, 2.05) is 11.0 Å². The highest BCUT2D eigenvalue weighted by atomic mass is 32.2. The molecule has 0 amide bonds. The van der Waals surface area contributed by atoms with Gasteiger partial charge in [0, 0.05) is 49.8 Å². The Bertz CT molecular complexity index is 1180. The van der Waals surface area contributed by atoms with Crippen molar-refractivity contribution in [2.24, 2.45) is 0 Å². The molecule has 32 heavy (non-hydrogen) atoms. The number of hydrogen-bond donors (Lipinski definition) is 1. The molecule has 0 atom stereocenters. The van der Waals surface area contributed by atoms with E-state index < -0.39 is 9.84 Å². The van der Waals surface area contributed by atoms with E-state index in [9.17, 15) is 8.42 Å². The molecule has 1 aliphatic rings. The van der Waals surface area contributed by atoms with Crippen LogP contribution in [0.5, 0.6) is 5.88 Å². The maximum Gasteiger partial charge on any atom is 0.229 e. The molecule has 1 saturated heterocycles. The molecule has 0 spiro atoms. The number of benzene rings is 1. The van der Waals surface area contributed by atoms with Gasteiger partial charge in [-0.05, 0) is 17.7 Å². The van der Waals surface area contributed by atoms with E-state index in [4.69, 9.17) is 15.2 Å². The molecule has 11 heteroatoms. The third-order valence-electron chi connectivity index (χ3n) is 4.92. The summed E-state index contributed by atoms with van der Waals surface area (Å²) in [6.45, 7) is 2.89. The van der Waals surface area contributed by atoms with E-state index in [0.29, 0.717) is 62.4 Å². The van der Waals surface area contributed by atoms with E-state index in [1.165, 1.54) is 6.26 Å². The highest BCUT2D eigenvalue weighted by Crippen LogP contribution is 2.24. The molecule has 0 aliphatic carbocycles. The van der Waals surface area contributed by atoms with Crippen LogP contribution in [0.2, 0.25) is 0 Å². The number of nitrogens with zero attached hydrogens (tertiary/aromatic N) is 5. The summed E-state index contributed by atoms with van der Waals surface area (Å²) in [4.78, 5) is 19.6. The van der Waals surface area contributed by atoms with Gasteiger partial charge in [0.15, 0.2) is 9.84 Å². The fourth-order valence-corrected chi connectivity index (χ4v) is 3.91. The smallest absolute Gasteiger partial charge is 0.229 e. The minimum atomic E-state index is -3.26. The first-order valence-corrected chi connectivity index (χ1v) is 12.0. The van der Waals surface area contributed by atoms with Crippen LogP contribution in [0.3, 0.4) is 0 Å². The molecule has 0 radical (unpaired) electrons. The third-order valence-corrected chi connectivity index (χ3v) is 6.03. The molecule has 1 aromatic carbocycles. The monoisotopic (exact) mass is 456 g/mol. The van der Waals surface area contributed by atoms with Crippen LogP contribution in [0.25, 0.3) is 11.3 Å². The minimum absolute atomic E-state index is 0.184. The van der Waals surface area contributed by atoms with Crippen molar-refractivity contribution in [3.8, 4) is 17.1 Å². The normalized spacial score (nSPS) is 14.3. The minimum Gasteiger partial charge on any atom is -0.477 e. The number of nitrogen functional groups attached to an aromatic ring is 1. The van der Waals surface area contributed by atoms with Gasteiger partial charge in [-0.2, -0.15) is 4.98 Å². The molecule has 4 rings (SSSR count).